The Bertz CT molecular complexity index is 531. The van der Waals surface area contributed by atoms with Crippen molar-refractivity contribution in [3.05, 3.63) is 40.3 Å². The van der Waals surface area contributed by atoms with Gasteiger partial charge in [0, 0.05) is 10.2 Å². The highest BCUT2D eigenvalue weighted by Gasteiger charge is 2.05. The summed E-state index contributed by atoms with van der Waals surface area (Å²) >= 11 is 3.54. The SMILES string of the molecule is Cc1cc(Nc2ncncc2N)cc(C)c1Br. The molecule has 0 aliphatic carbocycles. The van der Waals surface area contributed by atoms with Gasteiger partial charge in [0.25, 0.3) is 0 Å². The summed E-state index contributed by atoms with van der Waals surface area (Å²) in [4.78, 5) is 7.95. The summed E-state index contributed by atoms with van der Waals surface area (Å²) < 4.78 is 1.12. The molecule has 0 fully saturated rings. The van der Waals surface area contributed by atoms with Crippen LogP contribution in [0.2, 0.25) is 0 Å². The Labute approximate surface area is 108 Å². The number of aryl methyl sites for hydroxylation is 2. The van der Waals surface area contributed by atoms with Crippen molar-refractivity contribution in [3.8, 4) is 0 Å². The van der Waals surface area contributed by atoms with Crippen molar-refractivity contribution in [3.63, 3.8) is 0 Å². The van der Waals surface area contributed by atoms with Gasteiger partial charge in [0.2, 0.25) is 0 Å². The number of benzene rings is 1. The normalized spacial score (nSPS) is 10.3. The molecule has 0 saturated carbocycles. The summed E-state index contributed by atoms with van der Waals surface area (Å²) in [5, 5.41) is 3.18. The molecule has 1 aromatic carbocycles. The van der Waals surface area contributed by atoms with Gasteiger partial charge in [0.1, 0.15) is 6.33 Å². The van der Waals surface area contributed by atoms with Gasteiger partial charge in [-0.25, -0.2) is 9.97 Å². The lowest BCUT2D eigenvalue weighted by Crippen LogP contribution is -2.00. The Hall–Kier alpha value is -1.62. The van der Waals surface area contributed by atoms with Gasteiger partial charge in [-0.1, -0.05) is 15.9 Å². The summed E-state index contributed by atoms with van der Waals surface area (Å²) in [5.41, 5.74) is 9.61. The van der Waals surface area contributed by atoms with Crippen LogP contribution < -0.4 is 11.1 Å². The molecule has 0 aliphatic rings. The summed E-state index contributed by atoms with van der Waals surface area (Å²) in [7, 11) is 0. The van der Waals surface area contributed by atoms with Crippen molar-refractivity contribution < 1.29 is 0 Å². The first-order chi connectivity index (χ1) is 8.08. The van der Waals surface area contributed by atoms with E-state index in [0.29, 0.717) is 11.5 Å². The van der Waals surface area contributed by atoms with Crippen LogP contribution in [0.1, 0.15) is 11.1 Å². The number of anilines is 3. The number of nitrogen functional groups attached to an aromatic ring is 1. The molecule has 88 valence electrons. The lowest BCUT2D eigenvalue weighted by Gasteiger charge is -2.11. The van der Waals surface area contributed by atoms with Crippen LogP contribution in [0, 0.1) is 13.8 Å². The molecule has 0 radical (unpaired) electrons. The number of aromatic nitrogens is 2. The van der Waals surface area contributed by atoms with Gasteiger partial charge in [0.15, 0.2) is 5.82 Å². The highest BCUT2D eigenvalue weighted by Crippen LogP contribution is 2.27. The van der Waals surface area contributed by atoms with Crippen LogP contribution in [0.15, 0.2) is 29.1 Å². The Morgan fingerprint density at radius 3 is 2.47 bits per heavy atom. The third kappa shape index (κ3) is 2.55. The average molecular weight is 293 g/mol. The Morgan fingerprint density at radius 1 is 1.24 bits per heavy atom. The number of hydrogen-bond acceptors (Lipinski definition) is 4. The van der Waals surface area contributed by atoms with E-state index in [2.05, 4.69) is 31.2 Å². The lowest BCUT2D eigenvalue weighted by atomic mass is 10.1. The number of halogens is 1. The molecule has 0 amide bonds. The molecule has 2 rings (SSSR count). The van der Waals surface area contributed by atoms with Crippen LogP contribution in [0.4, 0.5) is 17.2 Å². The quantitative estimate of drug-likeness (QED) is 0.892. The largest absolute Gasteiger partial charge is 0.394 e. The highest BCUT2D eigenvalue weighted by molar-refractivity contribution is 9.10. The minimum atomic E-state index is 0.533. The number of hydrogen-bond donors (Lipinski definition) is 2. The number of nitrogens with zero attached hydrogens (tertiary/aromatic N) is 2. The van der Waals surface area contributed by atoms with Crippen molar-refractivity contribution in [1.82, 2.24) is 9.97 Å². The zero-order chi connectivity index (χ0) is 12.4. The van der Waals surface area contributed by atoms with E-state index in [0.717, 1.165) is 10.2 Å². The van der Waals surface area contributed by atoms with Crippen LogP contribution >= 0.6 is 15.9 Å². The fraction of sp³-hybridized carbons (Fsp3) is 0.167. The summed E-state index contributed by atoms with van der Waals surface area (Å²) in [6.45, 7) is 4.09. The van der Waals surface area contributed by atoms with E-state index in [-0.39, 0.29) is 0 Å². The monoisotopic (exact) mass is 292 g/mol. The van der Waals surface area contributed by atoms with Crippen LogP contribution in [-0.4, -0.2) is 9.97 Å². The molecule has 1 aromatic heterocycles. The number of nitrogens with one attached hydrogen (secondary N) is 1. The summed E-state index contributed by atoms with van der Waals surface area (Å²) in [5.74, 6) is 0.626. The Morgan fingerprint density at radius 2 is 1.88 bits per heavy atom. The molecule has 0 atom stereocenters. The molecule has 17 heavy (non-hydrogen) atoms. The van der Waals surface area contributed by atoms with Gasteiger partial charge in [-0.05, 0) is 37.1 Å². The second-order valence-electron chi connectivity index (χ2n) is 3.88. The molecule has 4 nitrogen and oxygen atoms in total. The van der Waals surface area contributed by atoms with Gasteiger partial charge in [-0.2, -0.15) is 0 Å². The number of rotatable bonds is 2. The van der Waals surface area contributed by atoms with Crippen molar-refractivity contribution in [2.45, 2.75) is 13.8 Å². The summed E-state index contributed by atoms with van der Waals surface area (Å²) in [6, 6.07) is 4.08. The molecule has 2 aromatic rings. The first-order valence-corrected chi connectivity index (χ1v) is 5.96. The standard InChI is InChI=1S/C12H13BrN4/c1-7-3-9(4-8(2)11(7)13)17-12-10(14)5-15-6-16-12/h3-6H,14H2,1-2H3,(H,15,16,17). The van der Waals surface area contributed by atoms with Crippen molar-refractivity contribution in [2.24, 2.45) is 0 Å². The van der Waals surface area contributed by atoms with Crippen LogP contribution in [0.5, 0.6) is 0 Å². The first-order valence-electron chi connectivity index (χ1n) is 5.17. The molecular weight excluding hydrogens is 280 g/mol. The maximum absolute atomic E-state index is 5.78. The molecule has 1 heterocycles. The van der Waals surface area contributed by atoms with Gasteiger partial charge >= 0.3 is 0 Å². The van der Waals surface area contributed by atoms with E-state index < -0.39 is 0 Å². The lowest BCUT2D eigenvalue weighted by molar-refractivity contribution is 1.17. The molecule has 5 heteroatoms. The van der Waals surface area contributed by atoms with Gasteiger partial charge in [0.05, 0.1) is 11.9 Å². The second-order valence-corrected chi connectivity index (χ2v) is 4.67. The zero-order valence-electron chi connectivity index (χ0n) is 9.66. The minimum absolute atomic E-state index is 0.533. The summed E-state index contributed by atoms with van der Waals surface area (Å²) in [6.07, 6.45) is 3.05. The molecule has 0 spiro atoms. The topological polar surface area (TPSA) is 63.8 Å². The van der Waals surface area contributed by atoms with E-state index in [9.17, 15) is 0 Å². The fourth-order valence-corrected chi connectivity index (χ4v) is 1.83. The Kier molecular flexibility index (Phi) is 3.28. The van der Waals surface area contributed by atoms with Crippen molar-refractivity contribution >= 4 is 33.1 Å². The second kappa shape index (κ2) is 4.71. The molecule has 0 unspecified atom stereocenters. The first kappa shape index (κ1) is 11.9. The average Bonchev–Trinajstić information content (AvgIpc) is 2.29. The highest BCUT2D eigenvalue weighted by atomic mass is 79.9. The van der Waals surface area contributed by atoms with E-state index in [1.807, 2.05) is 26.0 Å². The molecule has 0 saturated heterocycles. The maximum Gasteiger partial charge on any atom is 0.157 e. The third-order valence-electron chi connectivity index (χ3n) is 2.44. The Balaban J connectivity index is 2.34. The predicted octanol–water partition coefficient (Wildman–Crippen LogP) is 3.18. The van der Waals surface area contributed by atoms with Crippen LogP contribution in [-0.2, 0) is 0 Å². The van der Waals surface area contributed by atoms with Gasteiger partial charge < -0.3 is 11.1 Å². The zero-order valence-corrected chi connectivity index (χ0v) is 11.2. The van der Waals surface area contributed by atoms with E-state index in [4.69, 9.17) is 5.73 Å². The van der Waals surface area contributed by atoms with Crippen LogP contribution in [0.3, 0.4) is 0 Å². The van der Waals surface area contributed by atoms with E-state index >= 15 is 0 Å². The molecule has 3 N–H and O–H groups in total. The minimum Gasteiger partial charge on any atom is -0.394 e. The third-order valence-corrected chi connectivity index (χ3v) is 3.69. The fourth-order valence-electron chi connectivity index (χ4n) is 1.60. The van der Waals surface area contributed by atoms with Gasteiger partial charge in [-0.15, -0.1) is 0 Å². The van der Waals surface area contributed by atoms with Crippen molar-refractivity contribution in [1.29, 1.82) is 0 Å². The molecule has 0 aliphatic heterocycles. The van der Waals surface area contributed by atoms with E-state index in [1.54, 1.807) is 6.20 Å². The predicted molar refractivity (Wildman–Crippen MR) is 73.3 cm³/mol. The van der Waals surface area contributed by atoms with Gasteiger partial charge in [-0.3, -0.25) is 0 Å². The van der Waals surface area contributed by atoms with E-state index in [1.165, 1.54) is 17.5 Å². The smallest absolute Gasteiger partial charge is 0.157 e. The maximum atomic E-state index is 5.78. The van der Waals surface area contributed by atoms with Crippen LogP contribution in [0.25, 0.3) is 0 Å². The number of nitrogens with two attached hydrogens (primary N) is 1. The molecule has 0 bridgehead atoms. The molecular formula is C12H13BrN4. The van der Waals surface area contributed by atoms with Crippen molar-refractivity contribution in [2.75, 3.05) is 11.1 Å².